The standard InChI is InChI=1S/C9H18FNO2.C4H10/c1-4-6-11(10)8(13)9(2,3)5-7-12;1-4(2)3/h12H,4-7H2,1-3H3;4H,1-3H3. The first-order valence-electron chi connectivity index (χ1n) is 6.27. The van der Waals surface area contributed by atoms with Gasteiger partial charge in [0.1, 0.15) is 0 Å². The van der Waals surface area contributed by atoms with Crippen LogP contribution < -0.4 is 0 Å². The average molecular weight is 249 g/mol. The number of carbonyl (C=O) groups is 1. The second-order valence-corrected chi connectivity index (χ2v) is 5.48. The quantitative estimate of drug-likeness (QED) is 0.760. The van der Waals surface area contributed by atoms with Crippen LogP contribution in [-0.2, 0) is 4.79 Å². The zero-order chi connectivity index (χ0) is 14.1. The highest BCUT2D eigenvalue weighted by Gasteiger charge is 2.31. The third-order valence-electron chi connectivity index (χ3n) is 1.96. The molecule has 1 N–H and O–H groups in total. The van der Waals surface area contributed by atoms with Crippen LogP contribution in [0.25, 0.3) is 0 Å². The SMILES string of the molecule is CC(C)C.CCCN(F)C(=O)C(C)(C)CCO. The van der Waals surface area contributed by atoms with Crippen molar-refractivity contribution in [1.82, 2.24) is 5.12 Å². The van der Waals surface area contributed by atoms with E-state index in [9.17, 15) is 9.28 Å². The van der Waals surface area contributed by atoms with Gasteiger partial charge in [-0.25, -0.2) is 0 Å². The van der Waals surface area contributed by atoms with E-state index in [4.69, 9.17) is 5.11 Å². The summed E-state index contributed by atoms with van der Waals surface area (Å²) in [5.41, 5.74) is -0.807. The Morgan fingerprint density at radius 2 is 1.76 bits per heavy atom. The fourth-order valence-electron chi connectivity index (χ4n) is 1.01. The Morgan fingerprint density at radius 3 is 2.06 bits per heavy atom. The minimum absolute atomic E-state index is 0.0985. The van der Waals surface area contributed by atoms with E-state index in [0.29, 0.717) is 6.42 Å². The first-order chi connectivity index (χ1) is 7.68. The highest BCUT2D eigenvalue weighted by atomic mass is 19.2. The maximum absolute atomic E-state index is 13.0. The fourth-order valence-corrected chi connectivity index (χ4v) is 1.01. The van der Waals surface area contributed by atoms with Crippen molar-refractivity contribution in [2.45, 2.75) is 54.4 Å². The molecule has 0 atom stereocenters. The van der Waals surface area contributed by atoms with Crippen LogP contribution in [0.1, 0.15) is 54.4 Å². The Bertz CT molecular complexity index is 203. The summed E-state index contributed by atoms with van der Waals surface area (Å²) in [6, 6.07) is 0. The van der Waals surface area contributed by atoms with Crippen molar-refractivity contribution in [2.75, 3.05) is 13.2 Å². The molecule has 0 spiro atoms. The van der Waals surface area contributed by atoms with Gasteiger partial charge in [-0.3, -0.25) is 4.79 Å². The minimum Gasteiger partial charge on any atom is -0.396 e. The van der Waals surface area contributed by atoms with Gasteiger partial charge in [-0.05, 0) is 18.8 Å². The van der Waals surface area contributed by atoms with Crippen LogP contribution in [0.3, 0.4) is 0 Å². The van der Waals surface area contributed by atoms with Crippen LogP contribution in [0.5, 0.6) is 0 Å². The summed E-state index contributed by atoms with van der Waals surface area (Å²) in [7, 11) is 0. The van der Waals surface area contributed by atoms with Gasteiger partial charge in [-0.2, -0.15) is 5.12 Å². The van der Waals surface area contributed by atoms with E-state index >= 15 is 0 Å². The molecular formula is C13H28FNO2. The molecule has 0 saturated carbocycles. The number of nitrogens with zero attached hydrogens (tertiary/aromatic N) is 1. The van der Waals surface area contributed by atoms with Crippen LogP contribution in [0.2, 0.25) is 0 Å². The Morgan fingerprint density at radius 1 is 1.35 bits per heavy atom. The van der Waals surface area contributed by atoms with E-state index in [1.807, 2.05) is 0 Å². The topological polar surface area (TPSA) is 40.5 Å². The maximum atomic E-state index is 13.0. The largest absolute Gasteiger partial charge is 0.396 e. The Kier molecular flexibility index (Phi) is 10.3. The second kappa shape index (κ2) is 9.40. The van der Waals surface area contributed by atoms with Crippen LogP contribution in [-0.4, -0.2) is 29.3 Å². The number of hydrogen-bond donors (Lipinski definition) is 1. The lowest BCUT2D eigenvalue weighted by molar-refractivity contribution is -0.157. The van der Waals surface area contributed by atoms with Crippen LogP contribution in [0.15, 0.2) is 0 Å². The Hall–Kier alpha value is -0.640. The van der Waals surface area contributed by atoms with Crippen molar-refractivity contribution in [3.8, 4) is 0 Å². The molecule has 0 radical (unpaired) electrons. The van der Waals surface area contributed by atoms with Crippen LogP contribution in [0, 0.1) is 11.3 Å². The van der Waals surface area contributed by atoms with E-state index < -0.39 is 11.3 Å². The summed E-state index contributed by atoms with van der Waals surface area (Å²) in [6.07, 6.45) is 0.882. The molecule has 0 aromatic carbocycles. The molecule has 0 aliphatic heterocycles. The van der Waals surface area contributed by atoms with Gasteiger partial charge in [0.15, 0.2) is 0 Å². The number of rotatable bonds is 5. The van der Waals surface area contributed by atoms with Gasteiger partial charge in [-0.1, -0.05) is 46.0 Å². The van der Waals surface area contributed by atoms with Crippen molar-refractivity contribution in [1.29, 1.82) is 0 Å². The summed E-state index contributed by atoms with van der Waals surface area (Å²) in [5, 5.41) is 8.90. The molecule has 1 amide bonds. The number of aliphatic hydroxyl groups is 1. The number of halogens is 1. The fraction of sp³-hybridized carbons (Fsp3) is 0.923. The van der Waals surface area contributed by atoms with Crippen molar-refractivity contribution in [2.24, 2.45) is 11.3 Å². The summed E-state index contributed by atoms with van der Waals surface area (Å²) in [6.45, 7) is 11.6. The molecule has 0 aliphatic rings. The molecule has 0 saturated heterocycles. The van der Waals surface area contributed by atoms with Crippen molar-refractivity contribution in [3.63, 3.8) is 0 Å². The smallest absolute Gasteiger partial charge is 0.255 e. The lowest BCUT2D eigenvalue weighted by atomic mass is 9.88. The summed E-state index contributed by atoms with van der Waals surface area (Å²) in [5.74, 6) is 0.281. The lowest BCUT2D eigenvalue weighted by Gasteiger charge is -2.25. The predicted molar refractivity (Wildman–Crippen MR) is 69.1 cm³/mol. The van der Waals surface area contributed by atoms with Crippen molar-refractivity contribution < 1.29 is 14.4 Å². The molecule has 0 aromatic rings. The van der Waals surface area contributed by atoms with Crippen LogP contribution in [0.4, 0.5) is 4.48 Å². The highest BCUT2D eigenvalue weighted by molar-refractivity contribution is 5.80. The number of amides is 1. The van der Waals surface area contributed by atoms with Gasteiger partial charge in [0, 0.05) is 12.0 Å². The second-order valence-electron chi connectivity index (χ2n) is 5.48. The van der Waals surface area contributed by atoms with E-state index in [1.54, 1.807) is 20.8 Å². The van der Waals surface area contributed by atoms with E-state index in [1.165, 1.54) is 0 Å². The number of aliphatic hydroxyl groups excluding tert-OH is 1. The van der Waals surface area contributed by atoms with Crippen molar-refractivity contribution >= 4 is 5.91 Å². The van der Waals surface area contributed by atoms with Gasteiger partial charge >= 0.3 is 0 Å². The first kappa shape index (κ1) is 18.7. The lowest BCUT2D eigenvalue weighted by Crippen LogP contribution is -2.37. The number of carbonyl (C=O) groups excluding carboxylic acids is 1. The molecule has 4 heteroatoms. The normalized spacial score (nSPS) is 10.9. The molecule has 0 unspecified atom stereocenters. The first-order valence-corrected chi connectivity index (χ1v) is 6.27. The minimum atomic E-state index is -0.807. The molecule has 104 valence electrons. The highest BCUT2D eigenvalue weighted by Crippen LogP contribution is 2.23. The molecule has 3 nitrogen and oxygen atoms in total. The summed E-state index contributed by atoms with van der Waals surface area (Å²) < 4.78 is 13.0. The Labute approximate surface area is 105 Å². The number of hydrogen-bond acceptors (Lipinski definition) is 2. The van der Waals surface area contributed by atoms with Crippen LogP contribution >= 0.6 is 0 Å². The molecule has 0 rings (SSSR count). The molecule has 17 heavy (non-hydrogen) atoms. The zero-order valence-corrected chi connectivity index (χ0v) is 12.1. The molecular weight excluding hydrogens is 221 g/mol. The molecule has 0 bridgehead atoms. The third kappa shape index (κ3) is 10.2. The van der Waals surface area contributed by atoms with E-state index in [-0.39, 0.29) is 24.7 Å². The van der Waals surface area contributed by atoms with Gasteiger partial charge < -0.3 is 5.11 Å². The van der Waals surface area contributed by atoms with E-state index in [2.05, 4.69) is 20.8 Å². The predicted octanol–water partition coefficient (Wildman–Crippen LogP) is 3.18. The van der Waals surface area contributed by atoms with Gasteiger partial charge in [-0.15, -0.1) is 0 Å². The maximum Gasteiger partial charge on any atom is 0.255 e. The average Bonchev–Trinajstić information content (AvgIpc) is 2.16. The zero-order valence-electron chi connectivity index (χ0n) is 12.1. The van der Waals surface area contributed by atoms with E-state index in [0.717, 1.165) is 5.92 Å². The van der Waals surface area contributed by atoms with Crippen molar-refractivity contribution in [3.05, 3.63) is 0 Å². The van der Waals surface area contributed by atoms with Gasteiger partial charge in [0.05, 0.1) is 6.54 Å². The Balaban J connectivity index is 0. The molecule has 0 aliphatic carbocycles. The summed E-state index contributed by atoms with van der Waals surface area (Å²) >= 11 is 0. The summed E-state index contributed by atoms with van der Waals surface area (Å²) in [4.78, 5) is 11.4. The van der Waals surface area contributed by atoms with Gasteiger partial charge in [0.25, 0.3) is 5.91 Å². The molecule has 0 fully saturated rings. The van der Waals surface area contributed by atoms with Gasteiger partial charge in [0.2, 0.25) is 0 Å². The monoisotopic (exact) mass is 249 g/mol. The molecule has 0 heterocycles. The molecule has 0 aromatic heterocycles. The third-order valence-corrected chi connectivity index (χ3v) is 1.96.